The van der Waals surface area contributed by atoms with Crippen molar-refractivity contribution < 1.29 is 8.60 Å². The fourth-order valence-corrected chi connectivity index (χ4v) is 4.94. The van der Waals surface area contributed by atoms with Crippen molar-refractivity contribution in [1.82, 2.24) is 4.90 Å². The maximum Gasteiger partial charge on any atom is 0.133 e. The smallest absolute Gasteiger partial charge is 0.133 e. The van der Waals surface area contributed by atoms with Crippen molar-refractivity contribution in [2.24, 2.45) is 5.92 Å². The summed E-state index contributed by atoms with van der Waals surface area (Å²) in [5.41, 5.74) is 3.16. The number of likely N-dealkylation sites (tertiary alicyclic amines) is 1. The summed E-state index contributed by atoms with van der Waals surface area (Å²) in [4.78, 5) is 2.88. The van der Waals surface area contributed by atoms with Gasteiger partial charge in [-0.2, -0.15) is 0 Å². The first-order valence-electron chi connectivity index (χ1n) is 8.45. The van der Waals surface area contributed by atoms with Gasteiger partial charge in [-0.05, 0) is 55.9 Å². The molecule has 1 saturated carbocycles. The van der Waals surface area contributed by atoms with Crippen LogP contribution in [0.5, 0.6) is 0 Å². The highest BCUT2D eigenvalue weighted by molar-refractivity contribution is 7.88. The first-order chi connectivity index (χ1) is 11.1. The molecule has 0 bridgehead atoms. The van der Waals surface area contributed by atoms with Crippen molar-refractivity contribution in [2.75, 3.05) is 25.5 Å². The standard InChI is InChI=1S/C18H23FN2OS/c1-21-8-7-16(15(19)10-21)20-17-4-2-3-14-13(9-12-5-6-12)11-23(22)18(14)17/h2-4,11-12,15-16,20H,5-10H2,1H3. The van der Waals surface area contributed by atoms with Crippen LogP contribution < -0.4 is 5.32 Å². The molecule has 3 atom stereocenters. The number of piperidine rings is 1. The molecule has 1 aliphatic carbocycles. The molecule has 1 N–H and O–H groups in total. The lowest BCUT2D eigenvalue weighted by atomic mass is 10.00. The molecule has 0 radical (unpaired) electrons. The third-order valence-corrected chi connectivity index (χ3v) is 6.44. The second kappa shape index (κ2) is 6.02. The molecule has 0 amide bonds. The maximum atomic E-state index is 14.3. The Balaban J connectivity index is 1.57. The van der Waals surface area contributed by atoms with Gasteiger partial charge in [0.15, 0.2) is 0 Å². The van der Waals surface area contributed by atoms with E-state index in [9.17, 15) is 8.60 Å². The fourth-order valence-electron chi connectivity index (χ4n) is 3.58. The molecule has 3 nitrogen and oxygen atoms in total. The van der Waals surface area contributed by atoms with Crippen LogP contribution in [0.15, 0.2) is 28.5 Å². The second-order valence-corrected chi connectivity index (χ2v) is 8.33. The summed E-state index contributed by atoms with van der Waals surface area (Å²) in [7, 11) is 0.843. The van der Waals surface area contributed by atoms with Gasteiger partial charge in [0.05, 0.1) is 27.4 Å². The molecule has 23 heavy (non-hydrogen) atoms. The van der Waals surface area contributed by atoms with Crippen molar-refractivity contribution in [3.05, 3.63) is 29.2 Å². The van der Waals surface area contributed by atoms with E-state index < -0.39 is 17.0 Å². The first-order valence-corrected chi connectivity index (χ1v) is 9.67. The molecule has 5 heteroatoms. The van der Waals surface area contributed by atoms with Gasteiger partial charge in [0.1, 0.15) is 6.17 Å². The van der Waals surface area contributed by atoms with Gasteiger partial charge in [0.2, 0.25) is 0 Å². The van der Waals surface area contributed by atoms with E-state index in [0.717, 1.165) is 41.5 Å². The zero-order valence-corrected chi connectivity index (χ0v) is 14.2. The maximum absolute atomic E-state index is 14.3. The molecular formula is C18H23FN2OS. The van der Waals surface area contributed by atoms with Crippen LogP contribution >= 0.6 is 0 Å². The predicted octanol–water partition coefficient (Wildman–Crippen LogP) is 3.40. The number of halogens is 1. The molecule has 3 unspecified atom stereocenters. The van der Waals surface area contributed by atoms with Gasteiger partial charge in [-0.1, -0.05) is 12.1 Å². The Bertz CT molecular complexity index is 671. The van der Waals surface area contributed by atoms with E-state index in [-0.39, 0.29) is 6.04 Å². The Kier molecular flexibility index (Phi) is 4.01. The third kappa shape index (κ3) is 3.09. The summed E-state index contributed by atoms with van der Waals surface area (Å²) in [5.74, 6) is 0.768. The third-order valence-electron chi connectivity index (χ3n) is 5.10. The summed E-state index contributed by atoms with van der Waals surface area (Å²) >= 11 is 0. The molecule has 3 aliphatic rings. The van der Waals surface area contributed by atoms with Gasteiger partial charge in [-0.15, -0.1) is 0 Å². The fraction of sp³-hybridized carbons (Fsp3) is 0.556. The van der Waals surface area contributed by atoms with Crippen molar-refractivity contribution in [3.8, 4) is 0 Å². The van der Waals surface area contributed by atoms with E-state index in [4.69, 9.17) is 0 Å². The molecule has 0 spiro atoms. The van der Waals surface area contributed by atoms with E-state index >= 15 is 0 Å². The summed E-state index contributed by atoms with van der Waals surface area (Å²) in [6, 6.07) is 5.80. The van der Waals surface area contributed by atoms with Crippen LogP contribution in [0.1, 0.15) is 31.2 Å². The zero-order valence-electron chi connectivity index (χ0n) is 13.4. The lowest BCUT2D eigenvalue weighted by Gasteiger charge is -2.33. The highest BCUT2D eigenvalue weighted by Gasteiger charge is 2.32. The normalized spacial score (nSPS) is 30.9. The number of hydrogen-bond donors (Lipinski definition) is 1. The number of nitrogens with zero attached hydrogens (tertiary/aromatic N) is 1. The van der Waals surface area contributed by atoms with Crippen molar-refractivity contribution in [2.45, 2.75) is 42.8 Å². The minimum absolute atomic E-state index is 0.192. The number of hydrogen-bond acceptors (Lipinski definition) is 3. The number of alkyl halides is 1. The van der Waals surface area contributed by atoms with E-state index in [1.54, 1.807) is 0 Å². The van der Waals surface area contributed by atoms with Crippen LogP contribution in [-0.4, -0.2) is 41.5 Å². The van der Waals surface area contributed by atoms with Gasteiger partial charge >= 0.3 is 0 Å². The first kappa shape index (κ1) is 15.3. The topological polar surface area (TPSA) is 32.3 Å². The monoisotopic (exact) mass is 334 g/mol. The van der Waals surface area contributed by atoms with Gasteiger partial charge in [0.25, 0.3) is 0 Å². The number of nitrogens with one attached hydrogen (secondary N) is 1. The highest BCUT2D eigenvalue weighted by Crippen LogP contribution is 2.44. The summed E-state index contributed by atoms with van der Waals surface area (Å²) in [6.07, 6.45) is 3.49. The molecule has 1 aromatic rings. The van der Waals surface area contributed by atoms with Crippen LogP contribution in [0, 0.1) is 5.92 Å². The van der Waals surface area contributed by atoms with Gasteiger partial charge in [-0.3, -0.25) is 0 Å². The van der Waals surface area contributed by atoms with Gasteiger partial charge in [-0.25, -0.2) is 8.60 Å². The largest absolute Gasteiger partial charge is 0.378 e. The molecular weight excluding hydrogens is 311 g/mol. The van der Waals surface area contributed by atoms with Gasteiger partial charge in [0, 0.05) is 18.5 Å². The summed E-state index contributed by atoms with van der Waals surface area (Å²) < 4.78 is 26.9. The SMILES string of the molecule is CN1CCC(Nc2cccc3c2S(=O)C=C3CC2CC2)C(F)C1. The number of benzene rings is 1. The molecule has 2 heterocycles. The molecule has 1 aromatic carbocycles. The average molecular weight is 334 g/mol. The van der Waals surface area contributed by atoms with Crippen molar-refractivity contribution in [1.29, 1.82) is 0 Å². The minimum Gasteiger partial charge on any atom is -0.378 e. The molecule has 4 rings (SSSR count). The Morgan fingerprint density at radius 3 is 2.91 bits per heavy atom. The highest BCUT2D eigenvalue weighted by atomic mass is 32.2. The average Bonchev–Trinajstić information content (AvgIpc) is 3.27. The summed E-state index contributed by atoms with van der Waals surface area (Å²) in [5, 5.41) is 5.24. The molecule has 2 aliphatic heterocycles. The number of rotatable bonds is 4. The number of allylic oxidation sites excluding steroid dienone is 1. The number of anilines is 1. The Labute approximate surface area is 139 Å². The van der Waals surface area contributed by atoms with Crippen LogP contribution in [0.4, 0.5) is 10.1 Å². The predicted molar refractivity (Wildman–Crippen MR) is 92.6 cm³/mol. The van der Waals surface area contributed by atoms with E-state index in [0.29, 0.717) is 6.54 Å². The Morgan fingerprint density at radius 1 is 1.35 bits per heavy atom. The molecule has 2 fully saturated rings. The van der Waals surface area contributed by atoms with E-state index in [2.05, 4.69) is 11.4 Å². The van der Waals surface area contributed by atoms with Crippen LogP contribution in [0.25, 0.3) is 5.57 Å². The Morgan fingerprint density at radius 2 is 2.17 bits per heavy atom. The lowest BCUT2D eigenvalue weighted by molar-refractivity contribution is 0.149. The summed E-state index contributed by atoms with van der Waals surface area (Å²) in [6.45, 7) is 1.35. The van der Waals surface area contributed by atoms with E-state index in [1.807, 2.05) is 29.5 Å². The quantitative estimate of drug-likeness (QED) is 0.916. The second-order valence-electron chi connectivity index (χ2n) is 7.09. The van der Waals surface area contributed by atoms with Crippen LogP contribution in [0.2, 0.25) is 0 Å². The van der Waals surface area contributed by atoms with Crippen molar-refractivity contribution in [3.63, 3.8) is 0 Å². The lowest BCUT2D eigenvalue weighted by Crippen LogP contribution is -2.46. The van der Waals surface area contributed by atoms with Crippen LogP contribution in [0.3, 0.4) is 0 Å². The molecule has 124 valence electrons. The number of fused-ring (bicyclic) bond motifs is 1. The molecule has 0 aromatic heterocycles. The van der Waals surface area contributed by atoms with Gasteiger partial charge < -0.3 is 10.2 Å². The van der Waals surface area contributed by atoms with E-state index in [1.165, 1.54) is 18.4 Å². The Hall–Kier alpha value is -1.20. The molecule has 1 saturated heterocycles. The van der Waals surface area contributed by atoms with Crippen molar-refractivity contribution >= 4 is 22.1 Å². The zero-order chi connectivity index (χ0) is 16.0. The minimum atomic E-state index is -1.11. The van der Waals surface area contributed by atoms with Crippen LogP contribution in [-0.2, 0) is 10.8 Å².